The largest absolute Gasteiger partial charge is 0.310 e. The minimum absolute atomic E-state index is 0.116. The summed E-state index contributed by atoms with van der Waals surface area (Å²) in [6.45, 7) is 6.10. The molecule has 0 radical (unpaired) electrons. The number of H-pyrrole nitrogens is 1. The molecule has 0 unspecified atom stereocenters. The zero-order chi connectivity index (χ0) is 20.5. The summed E-state index contributed by atoms with van der Waals surface area (Å²) in [7, 11) is 0. The Balaban J connectivity index is 1.66. The minimum atomic E-state index is -0.285. The van der Waals surface area contributed by atoms with Crippen molar-refractivity contribution >= 4 is 23.5 Å². The van der Waals surface area contributed by atoms with Crippen molar-refractivity contribution < 1.29 is 4.79 Å². The summed E-state index contributed by atoms with van der Waals surface area (Å²) in [5.41, 5.74) is 5.94. The molecule has 148 valence electrons. The summed E-state index contributed by atoms with van der Waals surface area (Å²) >= 11 is 1.45. The van der Waals surface area contributed by atoms with Crippen LogP contribution in [0.4, 0.5) is 5.82 Å². The number of anilines is 1. The predicted molar refractivity (Wildman–Crippen MR) is 117 cm³/mol. The fourth-order valence-electron chi connectivity index (χ4n) is 3.74. The van der Waals surface area contributed by atoms with Crippen LogP contribution in [0.3, 0.4) is 0 Å². The monoisotopic (exact) mass is 405 g/mol. The minimum Gasteiger partial charge on any atom is -0.310 e. The second-order valence-corrected chi connectivity index (χ2v) is 8.54. The summed E-state index contributed by atoms with van der Waals surface area (Å²) in [4.78, 5) is 32.8. The number of fused-ring (bicyclic) bond motifs is 1. The number of nitrogens with one attached hydrogen (secondary N) is 2. The molecule has 1 amide bonds. The molecule has 0 aliphatic carbocycles. The molecule has 0 spiro atoms. The van der Waals surface area contributed by atoms with E-state index < -0.39 is 0 Å². The van der Waals surface area contributed by atoms with Crippen molar-refractivity contribution in [2.45, 2.75) is 44.0 Å². The SMILES string of the molecule is Cc1ccc(CSc2nc3c(c(=O)[nH]2)[C@@H](c2ccc(C)cc2C)CC(=O)N3)cc1. The summed E-state index contributed by atoms with van der Waals surface area (Å²) in [6, 6.07) is 14.4. The van der Waals surface area contributed by atoms with Crippen LogP contribution in [0.2, 0.25) is 0 Å². The highest BCUT2D eigenvalue weighted by molar-refractivity contribution is 7.98. The number of aromatic amines is 1. The summed E-state index contributed by atoms with van der Waals surface area (Å²) in [5, 5.41) is 3.30. The molecule has 0 fully saturated rings. The Kier molecular flexibility index (Phi) is 5.28. The van der Waals surface area contributed by atoms with E-state index in [9.17, 15) is 9.59 Å². The Morgan fingerprint density at radius 3 is 2.48 bits per heavy atom. The molecular formula is C23H23N3O2S. The van der Waals surface area contributed by atoms with Gasteiger partial charge in [0.05, 0.1) is 5.56 Å². The first-order chi connectivity index (χ1) is 13.9. The van der Waals surface area contributed by atoms with E-state index in [4.69, 9.17) is 0 Å². The van der Waals surface area contributed by atoms with E-state index in [-0.39, 0.29) is 23.8 Å². The Labute approximate surface area is 174 Å². The maximum Gasteiger partial charge on any atom is 0.257 e. The van der Waals surface area contributed by atoms with Crippen LogP contribution in [0.25, 0.3) is 0 Å². The molecule has 1 aliphatic rings. The lowest BCUT2D eigenvalue weighted by molar-refractivity contribution is -0.116. The van der Waals surface area contributed by atoms with Crippen molar-refractivity contribution in [3.05, 3.63) is 86.2 Å². The first-order valence-electron chi connectivity index (χ1n) is 9.60. The first-order valence-corrected chi connectivity index (χ1v) is 10.6. The van der Waals surface area contributed by atoms with Crippen molar-refractivity contribution in [2.75, 3.05) is 5.32 Å². The van der Waals surface area contributed by atoms with Gasteiger partial charge in [0, 0.05) is 18.1 Å². The van der Waals surface area contributed by atoms with Crippen LogP contribution in [-0.2, 0) is 10.5 Å². The van der Waals surface area contributed by atoms with Crippen molar-refractivity contribution in [3.63, 3.8) is 0 Å². The van der Waals surface area contributed by atoms with Gasteiger partial charge in [-0.15, -0.1) is 0 Å². The standard InChI is InChI=1S/C23H23N3O2S/c1-13-4-7-16(8-5-13)12-29-23-25-21-20(22(28)26-23)18(11-19(27)24-21)17-9-6-14(2)10-15(17)3/h4-10,18H,11-12H2,1-3H3,(H2,24,25,26,27,28)/t18-/m1/s1. The van der Waals surface area contributed by atoms with E-state index in [1.54, 1.807) is 0 Å². The van der Waals surface area contributed by atoms with Crippen LogP contribution in [-0.4, -0.2) is 15.9 Å². The van der Waals surface area contributed by atoms with E-state index >= 15 is 0 Å². The number of rotatable bonds is 4. The number of aryl methyl sites for hydroxylation is 3. The third kappa shape index (κ3) is 4.12. The number of benzene rings is 2. The lowest BCUT2D eigenvalue weighted by Crippen LogP contribution is -2.31. The molecule has 2 aromatic carbocycles. The predicted octanol–water partition coefficient (Wildman–Crippen LogP) is 4.46. The van der Waals surface area contributed by atoms with Crippen LogP contribution in [0.1, 0.15) is 45.7 Å². The number of hydrogen-bond acceptors (Lipinski definition) is 4. The van der Waals surface area contributed by atoms with Gasteiger partial charge in [-0.25, -0.2) is 4.98 Å². The van der Waals surface area contributed by atoms with Crippen LogP contribution in [0, 0.1) is 20.8 Å². The average Bonchev–Trinajstić information content (AvgIpc) is 2.66. The second-order valence-electron chi connectivity index (χ2n) is 7.57. The highest BCUT2D eigenvalue weighted by atomic mass is 32.2. The Hall–Kier alpha value is -2.86. The molecule has 1 aliphatic heterocycles. The normalized spacial score (nSPS) is 15.7. The molecule has 1 aromatic heterocycles. The molecule has 2 N–H and O–H groups in total. The van der Waals surface area contributed by atoms with E-state index in [0.29, 0.717) is 22.3 Å². The van der Waals surface area contributed by atoms with Crippen molar-refractivity contribution in [1.29, 1.82) is 0 Å². The summed E-state index contributed by atoms with van der Waals surface area (Å²) < 4.78 is 0. The molecule has 6 heteroatoms. The molecular weight excluding hydrogens is 382 g/mol. The van der Waals surface area contributed by atoms with E-state index in [1.165, 1.54) is 17.3 Å². The van der Waals surface area contributed by atoms with Gasteiger partial charge < -0.3 is 10.3 Å². The first kappa shape index (κ1) is 19.5. The topological polar surface area (TPSA) is 74.8 Å². The van der Waals surface area contributed by atoms with Crippen molar-refractivity contribution in [1.82, 2.24) is 9.97 Å². The number of thioether (sulfide) groups is 1. The Bertz CT molecular complexity index is 1140. The van der Waals surface area contributed by atoms with E-state index in [0.717, 1.165) is 22.3 Å². The number of nitrogens with zero attached hydrogens (tertiary/aromatic N) is 1. The molecule has 0 saturated carbocycles. The average molecular weight is 406 g/mol. The number of carbonyl (C=O) groups is 1. The Morgan fingerprint density at radius 1 is 1.03 bits per heavy atom. The molecule has 5 nitrogen and oxygen atoms in total. The molecule has 0 saturated heterocycles. The third-order valence-corrected chi connectivity index (χ3v) is 6.17. The molecule has 3 aromatic rings. The fraction of sp³-hybridized carbons (Fsp3) is 0.261. The van der Waals surface area contributed by atoms with Gasteiger partial charge >= 0.3 is 0 Å². The van der Waals surface area contributed by atoms with Crippen LogP contribution in [0.15, 0.2) is 52.4 Å². The van der Waals surface area contributed by atoms with Crippen molar-refractivity contribution in [3.8, 4) is 0 Å². The highest BCUT2D eigenvalue weighted by Gasteiger charge is 2.31. The second kappa shape index (κ2) is 7.87. The number of carbonyl (C=O) groups excluding carboxylic acids is 1. The molecule has 2 heterocycles. The Morgan fingerprint density at radius 2 is 1.76 bits per heavy atom. The van der Waals surface area contributed by atoms with Gasteiger partial charge in [-0.05, 0) is 37.5 Å². The molecule has 0 bridgehead atoms. The third-order valence-electron chi connectivity index (χ3n) is 5.23. The van der Waals surface area contributed by atoms with Crippen LogP contribution >= 0.6 is 11.8 Å². The zero-order valence-corrected chi connectivity index (χ0v) is 17.5. The van der Waals surface area contributed by atoms with Gasteiger partial charge in [0.2, 0.25) is 5.91 Å². The van der Waals surface area contributed by atoms with Crippen LogP contribution < -0.4 is 10.9 Å². The zero-order valence-electron chi connectivity index (χ0n) is 16.7. The van der Waals surface area contributed by atoms with Gasteiger partial charge in [0.15, 0.2) is 5.16 Å². The quantitative estimate of drug-likeness (QED) is 0.496. The van der Waals surface area contributed by atoms with Gasteiger partial charge in [-0.2, -0.15) is 0 Å². The van der Waals surface area contributed by atoms with Gasteiger partial charge in [0.1, 0.15) is 5.82 Å². The number of amides is 1. The van der Waals surface area contributed by atoms with E-state index in [2.05, 4.69) is 45.6 Å². The van der Waals surface area contributed by atoms with Crippen molar-refractivity contribution in [2.24, 2.45) is 0 Å². The van der Waals surface area contributed by atoms with Gasteiger partial charge in [-0.1, -0.05) is 65.4 Å². The van der Waals surface area contributed by atoms with Gasteiger partial charge in [-0.3, -0.25) is 9.59 Å². The fourth-order valence-corrected chi connectivity index (χ4v) is 4.55. The maximum atomic E-state index is 12.9. The lowest BCUT2D eigenvalue weighted by atomic mass is 9.84. The molecule has 29 heavy (non-hydrogen) atoms. The number of aromatic nitrogens is 2. The van der Waals surface area contributed by atoms with Gasteiger partial charge in [0.25, 0.3) is 5.56 Å². The molecule has 4 rings (SSSR count). The van der Waals surface area contributed by atoms with Crippen LogP contribution in [0.5, 0.6) is 0 Å². The summed E-state index contributed by atoms with van der Waals surface area (Å²) in [6.07, 6.45) is 0.248. The summed E-state index contributed by atoms with van der Waals surface area (Å²) in [5.74, 6) is 0.666. The highest BCUT2D eigenvalue weighted by Crippen LogP contribution is 2.36. The van der Waals surface area contributed by atoms with E-state index in [1.807, 2.05) is 32.9 Å². The number of hydrogen-bond donors (Lipinski definition) is 2. The lowest BCUT2D eigenvalue weighted by Gasteiger charge is -2.25. The molecule has 1 atom stereocenters. The maximum absolute atomic E-state index is 12.9. The smallest absolute Gasteiger partial charge is 0.257 e.